The van der Waals surface area contributed by atoms with Crippen LogP contribution in [-0.4, -0.2) is 42.8 Å². The Morgan fingerprint density at radius 3 is 3.17 bits per heavy atom. The van der Waals surface area contributed by atoms with Crippen LogP contribution in [0.5, 0.6) is 0 Å². The molecule has 126 valence electrons. The lowest BCUT2D eigenvalue weighted by Crippen LogP contribution is -2.46. The molecule has 4 rings (SSSR count). The number of aromatic nitrogens is 2. The van der Waals surface area contributed by atoms with Crippen LogP contribution in [0.4, 0.5) is 0 Å². The zero-order chi connectivity index (χ0) is 16.9. The maximum atomic E-state index is 12.4. The molecule has 0 N–H and O–H groups in total. The van der Waals surface area contributed by atoms with E-state index in [0.717, 1.165) is 6.42 Å². The van der Waals surface area contributed by atoms with E-state index in [0.29, 0.717) is 22.8 Å². The normalized spacial score (nSPS) is 26.1. The molecule has 0 aromatic carbocycles. The molecule has 0 spiro atoms. The number of fused-ring (bicyclic) bond motifs is 2. The zero-order valence-electron chi connectivity index (χ0n) is 12.9. The van der Waals surface area contributed by atoms with Gasteiger partial charge < -0.3 is 9.64 Å². The van der Waals surface area contributed by atoms with E-state index in [1.165, 1.54) is 21.8 Å². The lowest BCUT2D eigenvalue weighted by Gasteiger charge is -2.29. The van der Waals surface area contributed by atoms with Crippen LogP contribution in [0.25, 0.3) is 4.96 Å². The van der Waals surface area contributed by atoms with Crippen molar-refractivity contribution in [2.24, 2.45) is 0 Å². The first-order valence-corrected chi connectivity index (χ1v) is 9.43. The van der Waals surface area contributed by atoms with Gasteiger partial charge in [-0.15, -0.1) is 23.1 Å². The number of rotatable bonds is 3. The van der Waals surface area contributed by atoms with E-state index in [-0.39, 0.29) is 22.9 Å². The van der Waals surface area contributed by atoms with Crippen LogP contribution in [0.3, 0.4) is 0 Å². The predicted molar refractivity (Wildman–Crippen MR) is 89.9 cm³/mol. The quantitative estimate of drug-likeness (QED) is 0.762. The second-order valence-corrected chi connectivity index (χ2v) is 8.39. The monoisotopic (exact) mass is 365 g/mol. The Bertz CT molecular complexity index is 892. The first-order valence-electron chi connectivity index (χ1n) is 7.56. The van der Waals surface area contributed by atoms with Gasteiger partial charge in [-0.25, -0.2) is 9.78 Å². The maximum Gasteiger partial charge on any atom is 0.330 e. The number of hydrogen-bond acceptors (Lipinski definition) is 7. The fraction of sp³-hybridized carbons (Fsp3) is 0.467. The van der Waals surface area contributed by atoms with Crippen LogP contribution in [-0.2, 0) is 20.9 Å². The van der Waals surface area contributed by atoms with E-state index in [9.17, 15) is 14.4 Å². The maximum absolute atomic E-state index is 12.4. The zero-order valence-corrected chi connectivity index (χ0v) is 14.6. The van der Waals surface area contributed by atoms with Crippen molar-refractivity contribution < 1.29 is 14.3 Å². The lowest BCUT2D eigenvalue weighted by atomic mass is 10.2. The summed E-state index contributed by atoms with van der Waals surface area (Å²) in [7, 11) is 0. The highest BCUT2D eigenvalue weighted by Crippen LogP contribution is 2.47. The fourth-order valence-corrected chi connectivity index (χ4v) is 5.35. The number of ether oxygens (including phenoxy) is 1. The molecule has 0 aliphatic carbocycles. The summed E-state index contributed by atoms with van der Waals surface area (Å²) in [5.41, 5.74) is 0.211. The third-order valence-corrected chi connectivity index (χ3v) is 6.70. The van der Waals surface area contributed by atoms with E-state index in [1.807, 2.05) is 6.92 Å². The number of carbonyl (C=O) groups is 2. The van der Waals surface area contributed by atoms with E-state index < -0.39 is 12.0 Å². The van der Waals surface area contributed by atoms with Crippen molar-refractivity contribution in [1.82, 2.24) is 14.3 Å². The molecule has 0 bridgehead atoms. The number of nitrogens with zero attached hydrogens (tertiary/aromatic N) is 3. The molecule has 2 aliphatic heterocycles. The second-order valence-electron chi connectivity index (χ2n) is 6.01. The second kappa shape index (κ2) is 5.59. The third-order valence-electron chi connectivity index (χ3n) is 4.44. The molecule has 0 unspecified atom stereocenters. The minimum absolute atomic E-state index is 0.000764. The number of thioether (sulfide) groups is 1. The van der Waals surface area contributed by atoms with Crippen LogP contribution >= 0.6 is 23.1 Å². The fourth-order valence-electron chi connectivity index (χ4n) is 3.20. The van der Waals surface area contributed by atoms with Gasteiger partial charge in [-0.3, -0.25) is 14.0 Å². The Labute approximate surface area is 145 Å². The SMILES string of the molecule is C[C@@]12CCC(=O)N1[C@H](C(=O)OCc1cc(=O)n3ccsc3n1)CS2. The Morgan fingerprint density at radius 1 is 1.50 bits per heavy atom. The first-order chi connectivity index (χ1) is 11.5. The van der Waals surface area contributed by atoms with Gasteiger partial charge in [0.25, 0.3) is 5.56 Å². The summed E-state index contributed by atoms with van der Waals surface area (Å²) in [5, 5.41) is 1.77. The summed E-state index contributed by atoms with van der Waals surface area (Å²) in [5.74, 6) is 0.108. The molecule has 0 radical (unpaired) electrons. The van der Waals surface area contributed by atoms with Gasteiger partial charge in [0.15, 0.2) is 4.96 Å². The molecule has 7 nitrogen and oxygen atoms in total. The standard InChI is InChI=1S/C15H15N3O4S2/c1-15-3-2-11(19)18(15)10(8-24-15)13(21)22-7-9-6-12(20)17-4-5-23-14(17)16-9/h4-6,10H,2-3,7-8H2,1H3/t10-,15+/m0/s1. The van der Waals surface area contributed by atoms with Crippen molar-refractivity contribution in [2.75, 3.05) is 5.75 Å². The molecule has 2 aliphatic rings. The van der Waals surface area contributed by atoms with Crippen LogP contribution in [0.1, 0.15) is 25.5 Å². The summed E-state index contributed by atoms with van der Waals surface area (Å²) >= 11 is 2.96. The summed E-state index contributed by atoms with van der Waals surface area (Å²) in [4.78, 5) is 42.6. The molecule has 2 aromatic rings. The van der Waals surface area contributed by atoms with Crippen molar-refractivity contribution in [3.63, 3.8) is 0 Å². The van der Waals surface area contributed by atoms with Crippen molar-refractivity contribution in [3.8, 4) is 0 Å². The van der Waals surface area contributed by atoms with Gasteiger partial charge in [-0.1, -0.05) is 0 Å². The lowest BCUT2D eigenvalue weighted by molar-refractivity contribution is -0.154. The molecule has 2 fully saturated rings. The number of thiazole rings is 1. The minimum atomic E-state index is -0.554. The molecule has 2 aromatic heterocycles. The number of amides is 1. The van der Waals surface area contributed by atoms with E-state index in [1.54, 1.807) is 28.2 Å². The van der Waals surface area contributed by atoms with Gasteiger partial charge in [0, 0.05) is 29.8 Å². The summed E-state index contributed by atoms with van der Waals surface area (Å²) in [6.07, 6.45) is 2.88. The van der Waals surface area contributed by atoms with Gasteiger partial charge >= 0.3 is 5.97 Å². The number of esters is 1. The van der Waals surface area contributed by atoms with Crippen molar-refractivity contribution in [2.45, 2.75) is 37.3 Å². The summed E-state index contributed by atoms with van der Waals surface area (Å²) in [6, 6.07) is 0.809. The van der Waals surface area contributed by atoms with Crippen LogP contribution in [0.15, 0.2) is 22.4 Å². The minimum Gasteiger partial charge on any atom is -0.458 e. The Balaban J connectivity index is 1.48. The molecule has 1 amide bonds. The molecular formula is C15H15N3O4S2. The first kappa shape index (κ1) is 15.6. The van der Waals surface area contributed by atoms with E-state index in [4.69, 9.17) is 4.74 Å². The Kier molecular flexibility index (Phi) is 3.65. The van der Waals surface area contributed by atoms with Crippen molar-refractivity contribution >= 4 is 39.9 Å². The average molecular weight is 365 g/mol. The molecule has 9 heteroatoms. The van der Waals surface area contributed by atoms with E-state index >= 15 is 0 Å². The average Bonchev–Trinajstić information content (AvgIpc) is 3.21. The molecule has 24 heavy (non-hydrogen) atoms. The highest BCUT2D eigenvalue weighted by molar-refractivity contribution is 8.01. The Morgan fingerprint density at radius 2 is 2.33 bits per heavy atom. The van der Waals surface area contributed by atoms with Crippen molar-refractivity contribution in [1.29, 1.82) is 0 Å². The summed E-state index contributed by atoms with van der Waals surface area (Å²) in [6.45, 7) is 1.92. The van der Waals surface area contributed by atoms with Crippen LogP contribution in [0.2, 0.25) is 0 Å². The highest BCUT2D eigenvalue weighted by atomic mass is 32.2. The Hall–Kier alpha value is -1.87. The van der Waals surface area contributed by atoms with Gasteiger partial charge in [0.2, 0.25) is 5.91 Å². The number of hydrogen-bond donors (Lipinski definition) is 0. The molecule has 2 atom stereocenters. The largest absolute Gasteiger partial charge is 0.458 e. The number of carbonyl (C=O) groups excluding carboxylic acids is 2. The molecule has 0 saturated carbocycles. The van der Waals surface area contributed by atoms with Gasteiger partial charge in [-0.2, -0.15) is 0 Å². The molecule has 2 saturated heterocycles. The highest BCUT2D eigenvalue weighted by Gasteiger charge is 2.53. The predicted octanol–water partition coefficient (Wildman–Crippen LogP) is 1.25. The van der Waals surface area contributed by atoms with Crippen LogP contribution < -0.4 is 5.56 Å². The molecular weight excluding hydrogens is 350 g/mol. The van der Waals surface area contributed by atoms with Gasteiger partial charge in [-0.05, 0) is 13.3 Å². The third kappa shape index (κ3) is 2.42. The van der Waals surface area contributed by atoms with Gasteiger partial charge in [0.05, 0.1) is 10.6 Å². The van der Waals surface area contributed by atoms with E-state index in [2.05, 4.69) is 4.98 Å². The summed E-state index contributed by atoms with van der Waals surface area (Å²) < 4.78 is 6.78. The topological polar surface area (TPSA) is 81.0 Å². The molecule has 4 heterocycles. The smallest absolute Gasteiger partial charge is 0.330 e. The van der Waals surface area contributed by atoms with Crippen LogP contribution in [0, 0.1) is 0 Å². The van der Waals surface area contributed by atoms with Crippen molar-refractivity contribution in [3.05, 3.63) is 33.7 Å². The van der Waals surface area contributed by atoms with Gasteiger partial charge in [0.1, 0.15) is 12.6 Å².